The van der Waals surface area contributed by atoms with Crippen LogP contribution in [0.25, 0.3) is 0 Å². The van der Waals surface area contributed by atoms with E-state index in [-0.39, 0.29) is 5.84 Å². The van der Waals surface area contributed by atoms with Gasteiger partial charge in [-0.25, -0.2) is 4.79 Å². The minimum Gasteiger partial charge on any atom is -0.393 e. The van der Waals surface area contributed by atoms with E-state index in [9.17, 15) is 14.3 Å². The van der Waals surface area contributed by atoms with Crippen molar-refractivity contribution in [3.8, 4) is 0 Å². The summed E-state index contributed by atoms with van der Waals surface area (Å²) in [5.41, 5.74) is 3.52. The fraction of sp³-hybridized carbons (Fsp3) is 0.600. The Bertz CT molecular complexity index is 519. The number of quaternary nitrogens is 1. The molecule has 2 saturated heterocycles. The van der Waals surface area contributed by atoms with Crippen LogP contribution in [0.4, 0.5) is 9.18 Å². The van der Waals surface area contributed by atoms with Gasteiger partial charge in [0.15, 0.2) is 11.7 Å². The number of aliphatic hydroxyl groups is 3. The van der Waals surface area contributed by atoms with Gasteiger partial charge in [0.05, 0.1) is 13.2 Å². The normalized spacial score (nSPS) is 46.3. The lowest BCUT2D eigenvalue weighted by atomic mass is 9.96. The van der Waals surface area contributed by atoms with Crippen molar-refractivity contribution in [1.82, 2.24) is 0 Å². The SMILES string of the molecule is NC1=NC(=O)[N+]2(C=C1)[C@@H]1OC(CO)(CO)[C@@H](O)[C@]12F. The molecule has 0 aromatic heterocycles. The van der Waals surface area contributed by atoms with Crippen LogP contribution in [-0.2, 0) is 4.74 Å². The molecule has 2 fully saturated rings. The van der Waals surface area contributed by atoms with E-state index < -0.39 is 47.5 Å². The summed E-state index contributed by atoms with van der Waals surface area (Å²) in [5, 5.41) is 28.3. The van der Waals surface area contributed by atoms with Gasteiger partial charge in [0, 0.05) is 6.08 Å². The fourth-order valence-corrected chi connectivity index (χ4v) is 2.78. The Morgan fingerprint density at radius 3 is 2.58 bits per heavy atom. The number of carbonyl (C=O) groups is 1. The van der Waals surface area contributed by atoms with Gasteiger partial charge in [-0.3, -0.25) is 0 Å². The maximum Gasteiger partial charge on any atom is 0.454 e. The molecule has 2 amide bonds. The van der Waals surface area contributed by atoms with Gasteiger partial charge in [0.25, 0.3) is 0 Å². The molecule has 3 aliphatic heterocycles. The molecule has 8 nitrogen and oxygen atoms in total. The minimum atomic E-state index is -2.47. The second kappa shape index (κ2) is 3.38. The van der Waals surface area contributed by atoms with Gasteiger partial charge in [-0.15, -0.1) is 9.48 Å². The lowest BCUT2D eigenvalue weighted by Crippen LogP contribution is -2.58. The molecule has 0 saturated carbocycles. The Morgan fingerprint density at radius 1 is 1.53 bits per heavy atom. The zero-order valence-electron chi connectivity index (χ0n) is 9.73. The van der Waals surface area contributed by atoms with Crippen molar-refractivity contribution in [2.24, 2.45) is 10.7 Å². The summed E-state index contributed by atoms with van der Waals surface area (Å²) in [6.07, 6.45) is -0.793. The number of aliphatic imine (C=N–C) groups is 1. The van der Waals surface area contributed by atoms with Crippen molar-refractivity contribution >= 4 is 11.9 Å². The molecule has 3 heterocycles. The third kappa shape index (κ3) is 1.11. The van der Waals surface area contributed by atoms with Crippen molar-refractivity contribution in [1.29, 1.82) is 0 Å². The van der Waals surface area contributed by atoms with Crippen LogP contribution < -0.4 is 5.73 Å². The van der Waals surface area contributed by atoms with Crippen LogP contribution in [0.2, 0.25) is 0 Å². The summed E-state index contributed by atoms with van der Waals surface area (Å²) in [7, 11) is 0. The number of hydrogen-bond donors (Lipinski definition) is 4. The van der Waals surface area contributed by atoms with Gasteiger partial charge < -0.3 is 25.8 Å². The van der Waals surface area contributed by atoms with E-state index in [4.69, 9.17) is 20.7 Å². The molecule has 104 valence electrons. The first-order chi connectivity index (χ1) is 8.89. The lowest BCUT2D eigenvalue weighted by molar-refractivity contribution is -0.747. The van der Waals surface area contributed by atoms with Gasteiger partial charge in [-0.1, -0.05) is 0 Å². The molecular weight excluding hydrogens is 261 g/mol. The molecule has 0 radical (unpaired) electrons. The van der Waals surface area contributed by atoms with Crippen LogP contribution in [0.3, 0.4) is 0 Å². The molecular formula is C10H13FN3O5+. The van der Waals surface area contributed by atoms with E-state index in [1.807, 2.05) is 0 Å². The van der Waals surface area contributed by atoms with Crippen LogP contribution in [0.1, 0.15) is 0 Å². The van der Waals surface area contributed by atoms with Crippen LogP contribution in [0.15, 0.2) is 17.3 Å². The third-order valence-electron chi connectivity index (χ3n) is 4.00. The first kappa shape index (κ1) is 12.6. The summed E-state index contributed by atoms with van der Waals surface area (Å²) in [6.45, 7) is -1.54. The van der Waals surface area contributed by atoms with E-state index >= 15 is 0 Å². The third-order valence-corrected chi connectivity index (χ3v) is 4.00. The summed E-state index contributed by atoms with van der Waals surface area (Å²) in [4.78, 5) is 15.3. The van der Waals surface area contributed by atoms with Gasteiger partial charge in [0.2, 0.25) is 0 Å². The van der Waals surface area contributed by atoms with E-state index in [1.165, 1.54) is 6.08 Å². The van der Waals surface area contributed by atoms with Crippen molar-refractivity contribution < 1.29 is 33.7 Å². The Morgan fingerprint density at radius 2 is 2.16 bits per heavy atom. The van der Waals surface area contributed by atoms with Crippen LogP contribution >= 0.6 is 0 Å². The molecule has 9 heteroatoms. The highest BCUT2D eigenvalue weighted by Gasteiger charge is 2.97. The number of carbonyl (C=O) groups excluding carboxylic acids is 1. The highest BCUT2D eigenvalue weighted by atomic mass is 19.2. The monoisotopic (exact) mass is 274 g/mol. The van der Waals surface area contributed by atoms with Crippen LogP contribution in [-0.4, -0.2) is 68.6 Å². The first-order valence-corrected chi connectivity index (χ1v) is 5.62. The highest BCUT2D eigenvalue weighted by Crippen LogP contribution is 2.64. The number of urea groups is 1. The van der Waals surface area contributed by atoms with Crippen molar-refractivity contribution in [2.45, 2.75) is 23.7 Å². The molecule has 0 aromatic carbocycles. The number of alkyl halides is 1. The average molecular weight is 274 g/mol. The average Bonchev–Trinajstić information content (AvgIpc) is 2.81. The summed E-state index contributed by atoms with van der Waals surface area (Å²) in [5.74, 6) is -2.53. The number of amides is 2. The fourth-order valence-electron chi connectivity index (χ4n) is 2.78. The standard InChI is InChI=1S/C10H12FN3O5/c11-10-6(17)9(3-15,4-16)19-7(10)14(10)2-1-5(12)13-8(14)18/h1-2,6-7,15-17H,3-4H2,(H-,12,13,18)/p+1/t6-,7-,10-,14?/m1/s1. The number of fused-ring (bicyclic) bond motifs is 3. The van der Waals surface area contributed by atoms with Crippen LogP contribution in [0, 0.1) is 0 Å². The number of amidine groups is 1. The van der Waals surface area contributed by atoms with Gasteiger partial charge in [-0.05, 0) is 0 Å². The highest BCUT2D eigenvalue weighted by molar-refractivity contribution is 6.00. The van der Waals surface area contributed by atoms with Gasteiger partial charge in [-0.2, -0.15) is 4.39 Å². The molecule has 3 aliphatic rings. The predicted molar refractivity (Wildman–Crippen MR) is 58.0 cm³/mol. The summed E-state index contributed by atoms with van der Waals surface area (Å²) >= 11 is 0. The molecule has 5 N–H and O–H groups in total. The Balaban J connectivity index is 1.99. The van der Waals surface area contributed by atoms with Crippen LogP contribution in [0.5, 0.6) is 0 Å². The molecule has 1 spiro atoms. The number of ether oxygens (including phenoxy) is 1. The molecule has 3 rings (SSSR count). The minimum absolute atomic E-state index is 0.0626. The van der Waals surface area contributed by atoms with Gasteiger partial charge >= 0.3 is 18.1 Å². The number of aliphatic hydroxyl groups excluding tert-OH is 3. The van der Waals surface area contributed by atoms with E-state index in [0.29, 0.717) is 0 Å². The zero-order chi connectivity index (χ0) is 14.1. The van der Waals surface area contributed by atoms with E-state index in [2.05, 4.69) is 4.99 Å². The summed E-state index contributed by atoms with van der Waals surface area (Å²) < 4.78 is 19.1. The Hall–Kier alpha value is -1.39. The Kier molecular flexibility index (Phi) is 2.25. The van der Waals surface area contributed by atoms with E-state index in [0.717, 1.165) is 6.20 Å². The number of nitrogens with zero attached hydrogens (tertiary/aromatic N) is 2. The molecule has 1 unspecified atom stereocenters. The van der Waals surface area contributed by atoms with Crippen molar-refractivity contribution in [3.63, 3.8) is 0 Å². The molecule has 4 atom stereocenters. The second-order valence-electron chi connectivity index (χ2n) is 4.89. The molecule has 19 heavy (non-hydrogen) atoms. The number of halogens is 1. The lowest BCUT2D eigenvalue weighted by Gasteiger charge is -2.32. The quantitative estimate of drug-likeness (QED) is 0.260. The number of rotatable bonds is 2. The maximum atomic E-state index is 14.9. The second-order valence-corrected chi connectivity index (χ2v) is 4.89. The molecule has 0 aromatic rings. The first-order valence-electron chi connectivity index (χ1n) is 5.62. The smallest absolute Gasteiger partial charge is 0.393 e. The van der Waals surface area contributed by atoms with E-state index in [1.54, 1.807) is 0 Å². The number of hydrogen-bond acceptors (Lipinski definition) is 6. The van der Waals surface area contributed by atoms with Crippen molar-refractivity contribution in [2.75, 3.05) is 13.2 Å². The maximum absolute atomic E-state index is 14.9. The van der Waals surface area contributed by atoms with Gasteiger partial charge in [0.1, 0.15) is 12.0 Å². The van der Waals surface area contributed by atoms with Crippen molar-refractivity contribution in [3.05, 3.63) is 12.3 Å². The topological polar surface area (TPSA) is 125 Å². The largest absolute Gasteiger partial charge is 0.454 e. The zero-order valence-corrected chi connectivity index (χ0v) is 9.73. The Labute approximate surface area is 106 Å². The molecule has 0 aliphatic carbocycles. The predicted octanol–water partition coefficient (Wildman–Crippen LogP) is -2.07. The summed E-state index contributed by atoms with van der Waals surface area (Å²) in [6, 6.07) is -0.893. The number of nitrogens with two attached hydrogens (primary N) is 1. The molecule has 0 bridgehead atoms.